The summed E-state index contributed by atoms with van der Waals surface area (Å²) in [6.07, 6.45) is 0. The standard InChI is InChI=1S/C10H3BrO4/c11-4-1-2-5-6(3-4)8(13)10(15)9(14)7(5)12/h1-3H. The van der Waals surface area contributed by atoms with Crippen molar-refractivity contribution in [1.82, 2.24) is 0 Å². The highest BCUT2D eigenvalue weighted by atomic mass is 79.9. The molecule has 0 atom stereocenters. The Morgan fingerprint density at radius 3 is 1.87 bits per heavy atom. The average Bonchev–Trinajstić information content (AvgIpc) is 2.23. The van der Waals surface area contributed by atoms with Crippen LogP contribution in [-0.2, 0) is 0 Å². The second-order valence-corrected chi connectivity index (χ2v) is 3.92. The maximum Gasteiger partial charge on any atom is 0.277 e. The maximum absolute atomic E-state index is 11.4. The van der Waals surface area contributed by atoms with Gasteiger partial charge in [0.15, 0.2) is 0 Å². The number of hydrogen-bond acceptors (Lipinski definition) is 4. The molecular formula is C10H3BrO4. The Morgan fingerprint density at radius 1 is 0.733 bits per heavy atom. The van der Waals surface area contributed by atoms with E-state index in [-0.39, 0.29) is 10.8 Å². The van der Waals surface area contributed by atoms with Crippen molar-refractivity contribution in [3.63, 3.8) is 0 Å². The molecule has 5 heteroatoms. The number of rotatable bonds is 0. The Hall–Kier alpha value is -1.62. The second kappa shape index (κ2) is 3.20. The Morgan fingerprint density at radius 2 is 1.27 bits per heavy atom. The van der Waals surface area contributed by atoms with E-state index in [1.165, 1.54) is 18.2 Å². The van der Waals surface area contributed by atoms with Gasteiger partial charge in [0.1, 0.15) is 0 Å². The Balaban J connectivity index is 3.31. The fraction of sp³-hybridized carbons (Fsp3) is 0. The molecule has 0 heterocycles. The lowest BCUT2D eigenvalue weighted by Crippen LogP contribution is -2.46. The Kier molecular flexibility index (Phi) is 2.12. The molecule has 0 saturated heterocycles. The fourth-order valence-electron chi connectivity index (χ4n) is 1.35. The van der Waals surface area contributed by atoms with Crippen molar-refractivity contribution in [2.45, 2.75) is 0 Å². The largest absolute Gasteiger partial charge is 0.285 e. The minimum atomic E-state index is -1.26. The van der Waals surface area contributed by atoms with Gasteiger partial charge in [-0.2, -0.15) is 0 Å². The van der Waals surface area contributed by atoms with Crippen LogP contribution in [0.4, 0.5) is 0 Å². The average molecular weight is 267 g/mol. The van der Waals surface area contributed by atoms with E-state index < -0.39 is 21.7 Å². The van der Waals surface area contributed by atoms with Gasteiger partial charge in [0, 0.05) is 15.2 Å². The molecule has 2 rings (SSSR count). The summed E-state index contributed by atoms with van der Waals surface area (Å²) in [6, 6.07) is 4.25. The lowest BCUT2D eigenvalue weighted by atomic mass is 10.1. The normalized spacial score (nSPS) is 10.7. The lowest BCUT2D eigenvalue weighted by Gasteiger charge is -1.93. The van der Waals surface area contributed by atoms with Crippen molar-refractivity contribution < 1.29 is 0 Å². The molecule has 0 N–H and O–H groups in total. The number of fused-ring (bicyclic) bond motifs is 1. The van der Waals surface area contributed by atoms with E-state index in [0.29, 0.717) is 4.47 Å². The van der Waals surface area contributed by atoms with Gasteiger partial charge in [-0.25, -0.2) is 0 Å². The van der Waals surface area contributed by atoms with Crippen LogP contribution in [0, 0.1) is 0 Å². The van der Waals surface area contributed by atoms with Crippen LogP contribution in [0.15, 0.2) is 41.8 Å². The third-order valence-corrected chi connectivity index (χ3v) is 2.58. The van der Waals surface area contributed by atoms with Crippen LogP contribution >= 0.6 is 15.9 Å². The SMILES string of the molecule is O=c1c(=O)c(=O)c2cc(Br)ccc2c1=O. The van der Waals surface area contributed by atoms with Crippen molar-refractivity contribution in [3.05, 3.63) is 63.6 Å². The summed E-state index contributed by atoms with van der Waals surface area (Å²) >= 11 is 3.11. The molecule has 0 aliphatic carbocycles. The predicted molar refractivity (Wildman–Crippen MR) is 59.1 cm³/mol. The molecule has 2 aromatic carbocycles. The van der Waals surface area contributed by atoms with Crippen molar-refractivity contribution in [2.24, 2.45) is 0 Å². The molecule has 0 radical (unpaired) electrons. The second-order valence-electron chi connectivity index (χ2n) is 3.01. The first-order valence-electron chi connectivity index (χ1n) is 3.99. The molecule has 15 heavy (non-hydrogen) atoms. The summed E-state index contributed by atoms with van der Waals surface area (Å²) in [5.41, 5.74) is -4.35. The molecule has 2 aromatic rings. The van der Waals surface area contributed by atoms with Gasteiger partial charge in [-0.15, -0.1) is 0 Å². The molecule has 0 amide bonds. The predicted octanol–water partition coefficient (Wildman–Crippen LogP) is -0.0813. The van der Waals surface area contributed by atoms with Crippen molar-refractivity contribution in [3.8, 4) is 0 Å². The maximum atomic E-state index is 11.4. The summed E-state index contributed by atoms with van der Waals surface area (Å²) in [6.45, 7) is 0. The van der Waals surface area contributed by atoms with Crippen molar-refractivity contribution in [1.29, 1.82) is 0 Å². The van der Waals surface area contributed by atoms with E-state index >= 15 is 0 Å². The van der Waals surface area contributed by atoms with Crippen LogP contribution in [0.3, 0.4) is 0 Å². The molecule has 0 aliphatic rings. The molecule has 0 aliphatic heterocycles. The van der Waals surface area contributed by atoms with Gasteiger partial charge in [-0.05, 0) is 18.2 Å². The van der Waals surface area contributed by atoms with Crippen LogP contribution in [0.5, 0.6) is 0 Å². The minimum absolute atomic E-state index is 0.00667. The number of halogens is 1. The summed E-state index contributed by atoms with van der Waals surface area (Å²) in [7, 11) is 0. The molecule has 74 valence electrons. The zero-order valence-corrected chi connectivity index (χ0v) is 8.83. The Labute approximate surface area is 90.6 Å². The highest BCUT2D eigenvalue weighted by Gasteiger charge is 2.11. The van der Waals surface area contributed by atoms with Crippen LogP contribution in [0.1, 0.15) is 0 Å². The topological polar surface area (TPSA) is 68.3 Å². The monoisotopic (exact) mass is 266 g/mol. The van der Waals surface area contributed by atoms with Gasteiger partial charge in [-0.3, -0.25) is 19.2 Å². The van der Waals surface area contributed by atoms with Crippen LogP contribution in [0.25, 0.3) is 10.8 Å². The van der Waals surface area contributed by atoms with E-state index in [2.05, 4.69) is 15.9 Å². The molecule has 0 aromatic heterocycles. The third-order valence-electron chi connectivity index (χ3n) is 2.09. The van der Waals surface area contributed by atoms with Gasteiger partial charge >= 0.3 is 0 Å². The Bertz CT molecular complexity index is 754. The highest BCUT2D eigenvalue weighted by Crippen LogP contribution is 2.12. The highest BCUT2D eigenvalue weighted by molar-refractivity contribution is 9.10. The number of hydrogen-bond donors (Lipinski definition) is 0. The quantitative estimate of drug-likeness (QED) is 0.626. The molecule has 0 unspecified atom stereocenters. The smallest absolute Gasteiger partial charge is 0.277 e. The van der Waals surface area contributed by atoms with Gasteiger partial charge in [0.2, 0.25) is 10.9 Å². The molecule has 0 bridgehead atoms. The van der Waals surface area contributed by atoms with Gasteiger partial charge in [0.25, 0.3) is 10.9 Å². The minimum Gasteiger partial charge on any atom is -0.285 e. The van der Waals surface area contributed by atoms with E-state index in [1.54, 1.807) is 0 Å². The van der Waals surface area contributed by atoms with Crippen LogP contribution < -0.4 is 21.7 Å². The first-order valence-corrected chi connectivity index (χ1v) is 4.79. The zero-order valence-electron chi connectivity index (χ0n) is 7.24. The van der Waals surface area contributed by atoms with E-state index in [1.807, 2.05) is 0 Å². The summed E-state index contributed by atoms with van der Waals surface area (Å²) in [5, 5.41) is -0.0215. The lowest BCUT2D eigenvalue weighted by molar-refractivity contribution is 1.39. The van der Waals surface area contributed by atoms with E-state index in [9.17, 15) is 19.2 Å². The summed E-state index contributed by atoms with van der Waals surface area (Å²) in [4.78, 5) is 44.9. The first-order chi connectivity index (χ1) is 7.02. The van der Waals surface area contributed by atoms with Crippen molar-refractivity contribution >= 4 is 26.7 Å². The summed E-state index contributed by atoms with van der Waals surface area (Å²) in [5.74, 6) is 0. The zero-order chi connectivity index (χ0) is 11.2. The van der Waals surface area contributed by atoms with Crippen LogP contribution in [-0.4, -0.2) is 0 Å². The molecule has 0 fully saturated rings. The molecule has 0 spiro atoms. The van der Waals surface area contributed by atoms with E-state index in [0.717, 1.165) is 0 Å². The van der Waals surface area contributed by atoms with Gasteiger partial charge in [-0.1, -0.05) is 15.9 Å². The third kappa shape index (κ3) is 1.35. The van der Waals surface area contributed by atoms with Crippen molar-refractivity contribution in [2.75, 3.05) is 0 Å². The number of benzene rings is 2. The summed E-state index contributed by atoms with van der Waals surface area (Å²) < 4.78 is 0.574. The molecule has 4 nitrogen and oxygen atoms in total. The van der Waals surface area contributed by atoms with Gasteiger partial charge in [0.05, 0.1) is 0 Å². The first kappa shape index (κ1) is 9.92. The van der Waals surface area contributed by atoms with Gasteiger partial charge < -0.3 is 0 Å². The fourth-order valence-corrected chi connectivity index (χ4v) is 1.71. The molecule has 0 saturated carbocycles. The van der Waals surface area contributed by atoms with Crippen LogP contribution in [0.2, 0.25) is 0 Å². The van der Waals surface area contributed by atoms with E-state index in [4.69, 9.17) is 0 Å². The molecular weight excluding hydrogens is 264 g/mol.